The maximum absolute atomic E-state index is 13.0. The van der Waals surface area contributed by atoms with E-state index in [2.05, 4.69) is 17.0 Å². The van der Waals surface area contributed by atoms with Crippen LogP contribution in [-0.2, 0) is 9.59 Å². The first-order valence-corrected chi connectivity index (χ1v) is 8.57. The molecule has 6 nitrogen and oxygen atoms in total. The lowest BCUT2D eigenvalue weighted by molar-refractivity contribution is -0.131. The van der Waals surface area contributed by atoms with Gasteiger partial charge in [-0.1, -0.05) is 18.7 Å². The Labute approximate surface area is 150 Å². The number of aromatic nitrogens is 2. The van der Waals surface area contributed by atoms with Crippen LogP contribution in [0.5, 0.6) is 0 Å². The lowest BCUT2D eigenvalue weighted by Crippen LogP contribution is -2.50. The SMILES string of the molecule is C=CC(=O)N1CC(n2cc(NC(=O)C3CC3c3ccc(F)cc3)cn2)C1. The fraction of sp³-hybridized carbons (Fsp3) is 0.316. The van der Waals surface area contributed by atoms with Gasteiger partial charge in [0.15, 0.2) is 0 Å². The number of likely N-dealkylation sites (tertiary alicyclic amines) is 1. The van der Waals surface area contributed by atoms with Gasteiger partial charge in [-0.15, -0.1) is 0 Å². The summed E-state index contributed by atoms with van der Waals surface area (Å²) < 4.78 is 14.8. The molecular weight excluding hydrogens is 335 g/mol. The van der Waals surface area contributed by atoms with Crippen LogP contribution in [-0.4, -0.2) is 39.6 Å². The molecule has 1 aromatic heterocycles. The number of amides is 2. The zero-order chi connectivity index (χ0) is 18.3. The first-order chi connectivity index (χ1) is 12.5. The van der Waals surface area contributed by atoms with Gasteiger partial charge >= 0.3 is 0 Å². The summed E-state index contributed by atoms with van der Waals surface area (Å²) in [5, 5.41) is 7.16. The third-order valence-corrected chi connectivity index (χ3v) is 5.02. The summed E-state index contributed by atoms with van der Waals surface area (Å²) in [5.74, 6) is -0.338. The molecule has 2 atom stereocenters. The van der Waals surface area contributed by atoms with E-state index in [0.29, 0.717) is 18.8 Å². The Morgan fingerprint density at radius 2 is 2.00 bits per heavy atom. The van der Waals surface area contributed by atoms with Crippen LogP contribution in [0.25, 0.3) is 0 Å². The minimum atomic E-state index is -0.271. The average Bonchev–Trinajstić information content (AvgIpc) is 3.28. The quantitative estimate of drug-likeness (QED) is 0.838. The normalized spacial score (nSPS) is 21.8. The number of halogens is 1. The van der Waals surface area contributed by atoms with Crippen molar-refractivity contribution in [3.63, 3.8) is 0 Å². The number of rotatable bonds is 5. The van der Waals surface area contributed by atoms with E-state index in [1.807, 2.05) is 0 Å². The monoisotopic (exact) mass is 354 g/mol. The number of carbonyl (C=O) groups is 2. The van der Waals surface area contributed by atoms with Crippen molar-refractivity contribution in [3.8, 4) is 0 Å². The number of carbonyl (C=O) groups excluding carboxylic acids is 2. The molecule has 0 bridgehead atoms. The molecule has 1 aromatic carbocycles. The number of nitrogens with zero attached hydrogens (tertiary/aromatic N) is 3. The van der Waals surface area contributed by atoms with Gasteiger partial charge in [-0.3, -0.25) is 14.3 Å². The maximum atomic E-state index is 13.0. The molecule has 2 aliphatic rings. The van der Waals surface area contributed by atoms with Crippen LogP contribution in [0.15, 0.2) is 49.3 Å². The van der Waals surface area contributed by atoms with E-state index >= 15 is 0 Å². The second-order valence-corrected chi connectivity index (χ2v) is 6.80. The molecule has 2 fully saturated rings. The van der Waals surface area contributed by atoms with Gasteiger partial charge in [-0.25, -0.2) is 4.39 Å². The highest BCUT2D eigenvalue weighted by molar-refractivity contribution is 5.95. The van der Waals surface area contributed by atoms with Crippen molar-refractivity contribution in [2.45, 2.75) is 18.4 Å². The van der Waals surface area contributed by atoms with E-state index in [1.54, 1.807) is 34.1 Å². The Morgan fingerprint density at radius 3 is 2.69 bits per heavy atom. The van der Waals surface area contributed by atoms with Crippen LogP contribution in [0.2, 0.25) is 0 Å². The summed E-state index contributed by atoms with van der Waals surface area (Å²) in [4.78, 5) is 25.5. The van der Waals surface area contributed by atoms with Crippen molar-refractivity contribution in [2.24, 2.45) is 5.92 Å². The van der Waals surface area contributed by atoms with Gasteiger partial charge in [0, 0.05) is 25.2 Å². The van der Waals surface area contributed by atoms with Crippen LogP contribution < -0.4 is 5.32 Å². The first-order valence-electron chi connectivity index (χ1n) is 8.57. The minimum Gasteiger partial charge on any atom is -0.335 e. The molecule has 0 spiro atoms. The maximum Gasteiger partial charge on any atom is 0.246 e. The Morgan fingerprint density at radius 1 is 1.27 bits per heavy atom. The molecule has 134 valence electrons. The summed E-state index contributed by atoms with van der Waals surface area (Å²) in [6.07, 6.45) is 5.48. The number of hydrogen-bond donors (Lipinski definition) is 1. The van der Waals surface area contributed by atoms with Crippen molar-refractivity contribution in [1.29, 1.82) is 0 Å². The van der Waals surface area contributed by atoms with Gasteiger partial charge in [-0.05, 0) is 36.1 Å². The molecule has 2 unspecified atom stereocenters. The molecule has 2 heterocycles. The third-order valence-electron chi connectivity index (χ3n) is 5.02. The number of benzene rings is 1. The predicted octanol–water partition coefficient (Wildman–Crippen LogP) is 2.33. The second-order valence-electron chi connectivity index (χ2n) is 6.80. The number of anilines is 1. The Kier molecular flexibility index (Phi) is 4.06. The smallest absolute Gasteiger partial charge is 0.246 e. The van der Waals surface area contributed by atoms with Crippen molar-refractivity contribution in [1.82, 2.24) is 14.7 Å². The Hall–Kier alpha value is -2.96. The summed E-state index contributed by atoms with van der Waals surface area (Å²) in [6.45, 7) is 4.66. The lowest BCUT2D eigenvalue weighted by Gasteiger charge is -2.38. The largest absolute Gasteiger partial charge is 0.335 e. The van der Waals surface area contributed by atoms with Crippen LogP contribution in [0, 0.1) is 11.7 Å². The third kappa shape index (κ3) is 3.12. The van der Waals surface area contributed by atoms with E-state index in [0.717, 1.165) is 12.0 Å². The van der Waals surface area contributed by atoms with E-state index in [-0.39, 0.29) is 35.5 Å². The van der Waals surface area contributed by atoms with Crippen LogP contribution in [0.4, 0.5) is 10.1 Å². The van der Waals surface area contributed by atoms with Gasteiger partial charge in [0.1, 0.15) is 5.82 Å². The molecule has 2 aromatic rings. The standard InChI is InChI=1S/C19H19FN4O2/c1-2-18(25)23-10-15(11-23)24-9-14(8-21-24)22-19(26)17-7-16(17)12-3-5-13(20)6-4-12/h2-6,8-9,15-17H,1,7,10-11H2,(H,22,26). The van der Waals surface area contributed by atoms with Crippen molar-refractivity contribution >= 4 is 17.5 Å². The molecule has 7 heteroatoms. The van der Waals surface area contributed by atoms with E-state index in [9.17, 15) is 14.0 Å². The molecular formula is C19H19FN4O2. The first kappa shape index (κ1) is 16.5. The summed E-state index contributed by atoms with van der Waals surface area (Å²) in [5.41, 5.74) is 1.64. The van der Waals surface area contributed by atoms with E-state index in [4.69, 9.17) is 0 Å². The molecule has 2 amide bonds. The van der Waals surface area contributed by atoms with Crippen LogP contribution in [0.1, 0.15) is 23.9 Å². The molecule has 1 saturated carbocycles. The van der Waals surface area contributed by atoms with Gasteiger partial charge in [0.25, 0.3) is 0 Å². The summed E-state index contributed by atoms with van der Waals surface area (Å²) >= 11 is 0. The van der Waals surface area contributed by atoms with Gasteiger partial charge < -0.3 is 10.2 Å². The molecule has 1 saturated heterocycles. The van der Waals surface area contributed by atoms with Crippen molar-refractivity contribution in [2.75, 3.05) is 18.4 Å². The Balaban J connectivity index is 1.31. The van der Waals surface area contributed by atoms with E-state index < -0.39 is 0 Å². The fourth-order valence-electron chi connectivity index (χ4n) is 3.33. The topological polar surface area (TPSA) is 67.2 Å². The van der Waals surface area contributed by atoms with Gasteiger partial charge in [-0.2, -0.15) is 5.10 Å². The minimum absolute atomic E-state index is 0.0454. The van der Waals surface area contributed by atoms with Crippen LogP contribution >= 0.6 is 0 Å². The van der Waals surface area contributed by atoms with Crippen molar-refractivity contribution < 1.29 is 14.0 Å². The van der Waals surface area contributed by atoms with Gasteiger partial charge in [0.2, 0.25) is 11.8 Å². The second kappa shape index (κ2) is 6.40. The summed E-state index contributed by atoms with van der Waals surface area (Å²) in [7, 11) is 0. The molecule has 26 heavy (non-hydrogen) atoms. The number of nitrogens with one attached hydrogen (secondary N) is 1. The zero-order valence-electron chi connectivity index (χ0n) is 14.1. The molecule has 1 aliphatic carbocycles. The molecule has 0 radical (unpaired) electrons. The highest BCUT2D eigenvalue weighted by Crippen LogP contribution is 2.48. The molecule has 1 aliphatic heterocycles. The molecule has 4 rings (SSSR count). The highest BCUT2D eigenvalue weighted by Gasteiger charge is 2.44. The zero-order valence-corrected chi connectivity index (χ0v) is 14.1. The highest BCUT2D eigenvalue weighted by atomic mass is 19.1. The van der Waals surface area contributed by atoms with Crippen molar-refractivity contribution in [3.05, 3.63) is 60.7 Å². The summed E-state index contributed by atoms with van der Waals surface area (Å²) in [6, 6.07) is 6.44. The predicted molar refractivity (Wildman–Crippen MR) is 93.9 cm³/mol. The fourth-order valence-corrected chi connectivity index (χ4v) is 3.33. The van der Waals surface area contributed by atoms with Gasteiger partial charge in [0.05, 0.1) is 17.9 Å². The number of hydrogen-bond acceptors (Lipinski definition) is 3. The van der Waals surface area contributed by atoms with E-state index in [1.165, 1.54) is 18.2 Å². The van der Waals surface area contributed by atoms with Crippen LogP contribution in [0.3, 0.4) is 0 Å². The molecule has 1 N–H and O–H groups in total. The average molecular weight is 354 g/mol. The lowest BCUT2D eigenvalue weighted by atomic mass is 10.1. The Bertz CT molecular complexity index is 855.